The summed E-state index contributed by atoms with van der Waals surface area (Å²) < 4.78 is 0. The summed E-state index contributed by atoms with van der Waals surface area (Å²) >= 11 is 0. The fraction of sp³-hybridized carbons (Fsp3) is 0.938. The van der Waals surface area contributed by atoms with Crippen LogP contribution in [0.2, 0.25) is 0 Å². The predicted molar refractivity (Wildman–Crippen MR) is 82.7 cm³/mol. The Labute approximate surface area is 123 Å². The number of nitrogens with one attached hydrogen (secondary N) is 1. The van der Waals surface area contributed by atoms with Crippen molar-refractivity contribution < 1.29 is 4.79 Å². The van der Waals surface area contributed by atoms with Crippen molar-refractivity contribution in [2.24, 2.45) is 11.3 Å². The monoisotopic (exact) mass is 281 g/mol. The van der Waals surface area contributed by atoms with Gasteiger partial charge >= 0.3 is 0 Å². The maximum atomic E-state index is 12.8. The van der Waals surface area contributed by atoms with E-state index in [9.17, 15) is 4.79 Å². The Morgan fingerprint density at radius 3 is 2.45 bits per heavy atom. The smallest absolute Gasteiger partial charge is 0.230 e. The highest BCUT2D eigenvalue weighted by molar-refractivity contribution is 5.83. The van der Waals surface area contributed by atoms with E-state index in [2.05, 4.69) is 35.9 Å². The largest absolute Gasteiger partial charge is 0.340 e. The van der Waals surface area contributed by atoms with Gasteiger partial charge in [-0.25, -0.2) is 0 Å². The molecule has 0 aromatic heterocycles. The first-order chi connectivity index (χ1) is 9.57. The molecule has 1 amide bonds. The molecule has 2 rings (SSSR count). The second-order valence-electron chi connectivity index (χ2n) is 6.88. The number of hydrogen-bond acceptors (Lipinski definition) is 3. The van der Waals surface area contributed by atoms with Crippen LogP contribution in [0.15, 0.2) is 0 Å². The number of carbonyl (C=O) groups is 1. The number of rotatable bonds is 5. The fourth-order valence-corrected chi connectivity index (χ4v) is 3.33. The summed E-state index contributed by atoms with van der Waals surface area (Å²) in [5.41, 5.74) is -0.111. The molecule has 0 aliphatic carbocycles. The van der Waals surface area contributed by atoms with E-state index >= 15 is 0 Å². The first kappa shape index (κ1) is 15.8. The number of amides is 1. The summed E-state index contributed by atoms with van der Waals surface area (Å²) in [6, 6.07) is 0. The van der Waals surface area contributed by atoms with Crippen molar-refractivity contribution in [3.63, 3.8) is 0 Å². The highest BCUT2D eigenvalue weighted by atomic mass is 16.2. The van der Waals surface area contributed by atoms with Crippen molar-refractivity contribution in [3.8, 4) is 0 Å². The van der Waals surface area contributed by atoms with Crippen LogP contribution in [0.4, 0.5) is 0 Å². The van der Waals surface area contributed by atoms with Gasteiger partial charge in [-0.1, -0.05) is 20.8 Å². The highest BCUT2D eigenvalue weighted by Gasteiger charge is 2.42. The molecule has 2 heterocycles. The normalized spacial score (nSPS) is 28.3. The van der Waals surface area contributed by atoms with Crippen LogP contribution in [0.1, 0.15) is 40.0 Å². The predicted octanol–water partition coefficient (Wildman–Crippen LogP) is 1.57. The third-order valence-electron chi connectivity index (χ3n) is 5.06. The van der Waals surface area contributed by atoms with Gasteiger partial charge in [0.05, 0.1) is 5.41 Å². The topological polar surface area (TPSA) is 35.6 Å². The summed E-state index contributed by atoms with van der Waals surface area (Å²) in [5, 5.41) is 3.37. The van der Waals surface area contributed by atoms with Gasteiger partial charge in [0, 0.05) is 32.7 Å². The van der Waals surface area contributed by atoms with Crippen LogP contribution in [-0.4, -0.2) is 61.5 Å². The standard InChI is InChI=1S/C16H31N3O/c1-4-16(6-7-17-13-16)15(20)19-11-9-18(10-12-19)8-5-14(2)3/h14,17H,4-13H2,1-3H3. The summed E-state index contributed by atoms with van der Waals surface area (Å²) in [6.07, 6.45) is 3.24. The van der Waals surface area contributed by atoms with E-state index < -0.39 is 0 Å². The molecule has 1 N–H and O–H groups in total. The van der Waals surface area contributed by atoms with Crippen LogP contribution >= 0.6 is 0 Å². The van der Waals surface area contributed by atoms with Crippen molar-refractivity contribution in [3.05, 3.63) is 0 Å². The second kappa shape index (κ2) is 6.90. The number of nitrogens with zero attached hydrogens (tertiary/aromatic N) is 2. The third kappa shape index (κ3) is 3.53. The number of hydrogen-bond donors (Lipinski definition) is 1. The Balaban J connectivity index is 1.82. The van der Waals surface area contributed by atoms with Crippen molar-refractivity contribution >= 4 is 5.91 Å². The van der Waals surface area contributed by atoms with E-state index in [0.717, 1.165) is 58.0 Å². The van der Waals surface area contributed by atoms with Gasteiger partial charge in [0.2, 0.25) is 5.91 Å². The van der Waals surface area contributed by atoms with Gasteiger partial charge in [0.25, 0.3) is 0 Å². The SMILES string of the molecule is CCC1(C(=O)N2CCN(CCC(C)C)CC2)CCNC1. The van der Waals surface area contributed by atoms with Crippen LogP contribution in [0.3, 0.4) is 0 Å². The molecule has 1 unspecified atom stereocenters. The van der Waals surface area contributed by atoms with E-state index in [0.29, 0.717) is 5.91 Å². The fourth-order valence-electron chi connectivity index (χ4n) is 3.33. The lowest BCUT2D eigenvalue weighted by Crippen LogP contribution is -2.53. The molecular weight excluding hydrogens is 250 g/mol. The van der Waals surface area contributed by atoms with Gasteiger partial charge in [-0.3, -0.25) is 9.69 Å². The zero-order chi connectivity index (χ0) is 14.6. The van der Waals surface area contributed by atoms with Crippen molar-refractivity contribution in [2.45, 2.75) is 40.0 Å². The minimum atomic E-state index is -0.111. The minimum absolute atomic E-state index is 0.111. The van der Waals surface area contributed by atoms with E-state index in [1.807, 2.05) is 0 Å². The quantitative estimate of drug-likeness (QED) is 0.831. The maximum Gasteiger partial charge on any atom is 0.230 e. The molecule has 1 atom stereocenters. The third-order valence-corrected chi connectivity index (χ3v) is 5.06. The Hall–Kier alpha value is -0.610. The minimum Gasteiger partial charge on any atom is -0.340 e. The molecule has 0 spiro atoms. The van der Waals surface area contributed by atoms with Gasteiger partial charge in [-0.05, 0) is 38.3 Å². The number of piperazine rings is 1. The molecule has 116 valence electrons. The zero-order valence-electron chi connectivity index (χ0n) is 13.5. The van der Waals surface area contributed by atoms with Crippen LogP contribution in [0, 0.1) is 11.3 Å². The molecule has 0 aromatic carbocycles. The first-order valence-corrected chi connectivity index (χ1v) is 8.30. The average Bonchev–Trinajstić information content (AvgIpc) is 2.95. The Morgan fingerprint density at radius 2 is 1.95 bits per heavy atom. The lowest BCUT2D eigenvalue weighted by atomic mass is 9.82. The highest BCUT2D eigenvalue weighted by Crippen LogP contribution is 2.32. The summed E-state index contributed by atoms with van der Waals surface area (Å²) in [5.74, 6) is 1.16. The second-order valence-corrected chi connectivity index (χ2v) is 6.88. The van der Waals surface area contributed by atoms with E-state index in [-0.39, 0.29) is 5.41 Å². The number of carbonyl (C=O) groups excluding carboxylic acids is 1. The molecule has 2 aliphatic heterocycles. The maximum absolute atomic E-state index is 12.8. The van der Waals surface area contributed by atoms with Crippen LogP contribution in [-0.2, 0) is 4.79 Å². The average molecular weight is 281 g/mol. The molecule has 0 aromatic rings. The molecule has 20 heavy (non-hydrogen) atoms. The zero-order valence-corrected chi connectivity index (χ0v) is 13.5. The van der Waals surface area contributed by atoms with Gasteiger partial charge in [0.1, 0.15) is 0 Å². The van der Waals surface area contributed by atoms with Crippen LogP contribution in [0.25, 0.3) is 0 Å². The first-order valence-electron chi connectivity index (χ1n) is 8.30. The van der Waals surface area contributed by atoms with E-state index in [1.165, 1.54) is 13.0 Å². The Morgan fingerprint density at radius 1 is 1.25 bits per heavy atom. The molecule has 0 saturated carbocycles. The molecule has 2 saturated heterocycles. The van der Waals surface area contributed by atoms with Crippen molar-refractivity contribution in [1.82, 2.24) is 15.1 Å². The molecule has 0 bridgehead atoms. The van der Waals surface area contributed by atoms with E-state index in [4.69, 9.17) is 0 Å². The van der Waals surface area contributed by atoms with Gasteiger partial charge < -0.3 is 10.2 Å². The molecule has 0 radical (unpaired) electrons. The summed E-state index contributed by atoms with van der Waals surface area (Å²) in [4.78, 5) is 17.4. The molecule has 2 fully saturated rings. The van der Waals surface area contributed by atoms with Crippen LogP contribution in [0.5, 0.6) is 0 Å². The molecule has 4 nitrogen and oxygen atoms in total. The van der Waals surface area contributed by atoms with Crippen molar-refractivity contribution in [2.75, 3.05) is 45.8 Å². The molecular formula is C16H31N3O. The van der Waals surface area contributed by atoms with Crippen LogP contribution < -0.4 is 5.32 Å². The van der Waals surface area contributed by atoms with Crippen molar-refractivity contribution in [1.29, 1.82) is 0 Å². The lowest BCUT2D eigenvalue weighted by Gasteiger charge is -2.39. The van der Waals surface area contributed by atoms with Gasteiger partial charge in [-0.15, -0.1) is 0 Å². The summed E-state index contributed by atoms with van der Waals surface area (Å²) in [6.45, 7) is 13.7. The Bertz CT molecular complexity index is 316. The molecule has 4 heteroatoms. The Kier molecular flexibility index (Phi) is 5.44. The lowest BCUT2D eigenvalue weighted by molar-refractivity contribution is -0.143. The van der Waals surface area contributed by atoms with Gasteiger partial charge in [0.15, 0.2) is 0 Å². The molecule has 2 aliphatic rings. The van der Waals surface area contributed by atoms with E-state index in [1.54, 1.807) is 0 Å². The summed E-state index contributed by atoms with van der Waals surface area (Å²) in [7, 11) is 0. The van der Waals surface area contributed by atoms with Gasteiger partial charge in [-0.2, -0.15) is 0 Å².